The molecule has 1 atom stereocenters. The molecule has 1 unspecified atom stereocenters. The molecule has 1 aliphatic rings. The minimum absolute atomic E-state index is 0.132. The van der Waals surface area contributed by atoms with Crippen LogP contribution in [0.15, 0.2) is 12.1 Å². The van der Waals surface area contributed by atoms with Gasteiger partial charge in [-0.2, -0.15) is 0 Å². The lowest BCUT2D eigenvalue weighted by Gasteiger charge is -2.22. The van der Waals surface area contributed by atoms with Crippen molar-refractivity contribution in [3.63, 3.8) is 0 Å². The molecule has 0 bridgehead atoms. The first-order valence-electron chi connectivity index (χ1n) is 6.20. The predicted molar refractivity (Wildman–Crippen MR) is 78.5 cm³/mol. The van der Waals surface area contributed by atoms with E-state index >= 15 is 0 Å². The molecule has 19 heavy (non-hydrogen) atoms. The molecule has 0 aromatic heterocycles. The summed E-state index contributed by atoms with van der Waals surface area (Å²) in [5.74, 6) is 3.14. The Hall–Kier alpha value is -1.07. The summed E-state index contributed by atoms with van der Waals surface area (Å²) in [6.07, 6.45) is 0. The van der Waals surface area contributed by atoms with Gasteiger partial charge in [-0.05, 0) is 26.0 Å². The normalized spacial score (nSPS) is 21.2. The average Bonchev–Trinajstić information content (AvgIpc) is 2.76. The van der Waals surface area contributed by atoms with Crippen LogP contribution in [0.25, 0.3) is 0 Å². The molecule has 0 spiro atoms. The van der Waals surface area contributed by atoms with Gasteiger partial charge in [-0.1, -0.05) is 0 Å². The van der Waals surface area contributed by atoms with Gasteiger partial charge >= 0.3 is 0 Å². The first kappa shape index (κ1) is 14.3. The first-order valence-corrected chi connectivity index (χ1v) is 7.25. The van der Waals surface area contributed by atoms with Crippen LogP contribution in [0.2, 0.25) is 0 Å². The van der Waals surface area contributed by atoms with E-state index in [2.05, 4.69) is 19.2 Å². The van der Waals surface area contributed by atoms with Gasteiger partial charge in [0.05, 0.1) is 26.7 Å². The summed E-state index contributed by atoms with van der Waals surface area (Å²) < 4.78 is 16.3. The van der Waals surface area contributed by atoms with Gasteiger partial charge in [-0.25, -0.2) is 0 Å². The summed E-state index contributed by atoms with van der Waals surface area (Å²) in [5, 5.41) is 3.81. The highest BCUT2D eigenvalue weighted by Gasteiger charge is 2.34. The Morgan fingerprint density at radius 3 is 2.26 bits per heavy atom. The Bertz CT molecular complexity index is 462. The van der Waals surface area contributed by atoms with Crippen molar-refractivity contribution in [2.45, 2.75) is 24.8 Å². The number of rotatable bonds is 4. The molecule has 5 heteroatoms. The highest BCUT2D eigenvalue weighted by atomic mass is 32.2. The Morgan fingerprint density at radius 2 is 1.79 bits per heavy atom. The van der Waals surface area contributed by atoms with E-state index in [1.807, 2.05) is 23.9 Å². The van der Waals surface area contributed by atoms with Crippen molar-refractivity contribution in [3.05, 3.63) is 17.7 Å². The fourth-order valence-electron chi connectivity index (χ4n) is 2.23. The zero-order valence-corrected chi connectivity index (χ0v) is 12.9. The van der Waals surface area contributed by atoms with Crippen molar-refractivity contribution in [2.24, 2.45) is 0 Å². The van der Waals surface area contributed by atoms with Gasteiger partial charge in [0.1, 0.15) is 0 Å². The Labute approximate surface area is 118 Å². The third kappa shape index (κ3) is 2.77. The Kier molecular flexibility index (Phi) is 4.16. The summed E-state index contributed by atoms with van der Waals surface area (Å²) >= 11 is 1.88. The minimum atomic E-state index is 0.132. The first-order chi connectivity index (χ1) is 9.02. The summed E-state index contributed by atoms with van der Waals surface area (Å²) in [6.45, 7) is 4.40. The zero-order valence-electron chi connectivity index (χ0n) is 12.1. The topological polar surface area (TPSA) is 39.7 Å². The highest BCUT2D eigenvalue weighted by Crippen LogP contribution is 2.47. The molecule has 1 fully saturated rings. The van der Waals surface area contributed by atoms with Gasteiger partial charge in [0.25, 0.3) is 0 Å². The van der Waals surface area contributed by atoms with Crippen LogP contribution >= 0.6 is 11.8 Å². The molecule has 0 aliphatic carbocycles. The highest BCUT2D eigenvalue weighted by molar-refractivity contribution is 7.99. The summed E-state index contributed by atoms with van der Waals surface area (Å²) in [7, 11) is 4.91. The molecule has 106 valence electrons. The van der Waals surface area contributed by atoms with Gasteiger partial charge in [-0.3, -0.25) is 5.32 Å². The zero-order chi connectivity index (χ0) is 14.0. The Morgan fingerprint density at radius 1 is 1.11 bits per heavy atom. The number of nitrogens with one attached hydrogen (secondary N) is 1. The van der Waals surface area contributed by atoms with Crippen LogP contribution in [-0.4, -0.2) is 32.6 Å². The molecular formula is C14H21NO3S. The van der Waals surface area contributed by atoms with Gasteiger partial charge in [-0.15, -0.1) is 11.8 Å². The maximum atomic E-state index is 5.53. The summed E-state index contributed by atoms with van der Waals surface area (Å²) in [5.41, 5.74) is 1.23. The van der Waals surface area contributed by atoms with Crippen LogP contribution in [0.3, 0.4) is 0 Å². The fourth-order valence-corrected chi connectivity index (χ4v) is 3.66. The molecule has 1 aromatic rings. The second-order valence-corrected chi connectivity index (χ2v) is 6.24. The molecule has 0 amide bonds. The fraction of sp³-hybridized carbons (Fsp3) is 0.571. The molecular weight excluding hydrogens is 262 g/mol. The van der Waals surface area contributed by atoms with E-state index in [-0.39, 0.29) is 10.9 Å². The molecule has 1 aromatic carbocycles. The van der Waals surface area contributed by atoms with E-state index < -0.39 is 0 Å². The van der Waals surface area contributed by atoms with Gasteiger partial charge in [0.2, 0.25) is 5.75 Å². The van der Waals surface area contributed by atoms with E-state index in [0.717, 1.165) is 17.1 Å². The van der Waals surface area contributed by atoms with E-state index in [1.54, 1.807) is 21.3 Å². The largest absolute Gasteiger partial charge is 0.493 e. The van der Waals surface area contributed by atoms with Gasteiger partial charge < -0.3 is 14.2 Å². The van der Waals surface area contributed by atoms with Crippen molar-refractivity contribution in [2.75, 3.05) is 27.1 Å². The van der Waals surface area contributed by atoms with Crippen molar-refractivity contribution in [3.8, 4) is 17.2 Å². The van der Waals surface area contributed by atoms with E-state index in [9.17, 15) is 0 Å². The average molecular weight is 283 g/mol. The maximum absolute atomic E-state index is 5.53. The third-order valence-electron chi connectivity index (χ3n) is 3.15. The monoisotopic (exact) mass is 283 g/mol. The summed E-state index contributed by atoms with van der Waals surface area (Å²) in [6, 6.07) is 3.95. The molecule has 2 rings (SSSR count). The number of benzene rings is 1. The standard InChI is InChI=1S/C14H21NO3S/c1-14(2)8-19-13(15-14)9-6-7-10(16-3)12(18-5)11(9)17-4/h6-7,13,15H,8H2,1-5H3. The number of thioether (sulfide) groups is 1. The molecule has 1 heterocycles. The molecule has 1 saturated heterocycles. The minimum Gasteiger partial charge on any atom is -0.493 e. The number of ether oxygens (including phenoxy) is 3. The number of hydrogen-bond donors (Lipinski definition) is 1. The SMILES string of the molecule is COc1ccc(C2NC(C)(C)CS2)c(OC)c1OC. The van der Waals surface area contributed by atoms with Crippen molar-refractivity contribution in [1.82, 2.24) is 5.32 Å². The summed E-state index contributed by atoms with van der Waals surface area (Å²) in [4.78, 5) is 0. The quantitative estimate of drug-likeness (QED) is 0.920. The van der Waals surface area contributed by atoms with E-state index in [4.69, 9.17) is 14.2 Å². The Balaban J connectivity index is 2.41. The lowest BCUT2D eigenvalue weighted by Crippen LogP contribution is -2.36. The van der Waals surface area contributed by atoms with Crippen LogP contribution < -0.4 is 19.5 Å². The van der Waals surface area contributed by atoms with Crippen molar-refractivity contribution < 1.29 is 14.2 Å². The van der Waals surface area contributed by atoms with Gasteiger partial charge in [0, 0.05) is 16.9 Å². The van der Waals surface area contributed by atoms with Crippen LogP contribution in [0.1, 0.15) is 24.8 Å². The molecule has 0 saturated carbocycles. The molecule has 0 radical (unpaired) electrons. The third-order valence-corrected chi connectivity index (χ3v) is 4.74. The lowest BCUT2D eigenvalue weighted by atomic mass is 10.1. The van der Waals surface area contributed by atoms with Crippen LogP contribution in [-0.2, 0) is 0 Å². The van der Waals surface area contributed by atoms with Crippen LogP contribution in [0.5, 0.6) is 17.2 Å². The molecule has 4 nitrogen and oxygen atoms in total. The lowest BCUT2D eigenvalue weighted by molar-refractivity contribution is 0.320. The number of methoxy groups -OCH3 is 3. The maximum Gasteiger partial charge on any atom is 0.203 e. The van der Waals surface area contributed by atoms with Crippen LogP contribution in [0.4, 0.5) is 0 Å². The van der Waals surface area contributed by atoms with Crippen molar-refractivity contribution in [1.29, 1.82) is 0 Å². The van der Waals surface area contributed by atoms with E-state index in [1.165, 1.54) is 0 Å². The second-order valence-electron chi connectivity index (χ2n) is 5.14. The van der Waals surface area contributed by atoms with E-state index in [0.29, 0.717) is 11.5 Å². The number of hydrogen-bond acceptors (Lipinski definition) is 5. The smallest absolute Gasteiger partial charge is 0.203 e. The molecule has 1 aliphatic heterocycles. The van der Waals surface area contributed by atoms with Crippen LogP contribution in [0, 0.1) is 0 Å². The molecule has 1 N–H and O–H groups in total. The second kappa shape index (κ2) is 5.51. The van der Waals surface area contributed by atoms with Crippen molar-refractivity contribution >= 4 is 11.8 Å². The van der Waals surface area contributed by atoms with Gasteiger partial charge in [0.15, 0.2) is 11.5 Å². The predicted octanol–water partition coefficient (Wildman–Crippen LogP) is 2.83.